The lowest BCUT2D eigenvalue weighted by atomic mass is 10.1. The van der Waals surface area contributed by atoms with Gasteiger partial charge < -0.3 is 14.0 Å². The molecule has 1 heterocycles. The van der Waals surface area contributed by atoms with Gasteiger partial charge in [-0.15, -0.1) is 0 Å². The molecule has 2 aromatic carbocycles. The zero-order valence-electron chi connectivity index (χ0n) is 18.4. The fourth-order valence-electron chi connectivity index (χ4n) is 3.36. The average Bonchev–Trinajstić information content (AvgIpc) is 3.05. The summed E-state index contributed by atoms with van der Waals surface area (Å²) in [5.41, 5.74) is 3.48. The first-order chi connectivity index (χ1) is 14.9. The van der Waals surface area contributed by atoms with Crippen molar-refractivity contribution in [3.05, 3.63) is 57.9 Å². The molecule has 0 aliphatic carbocycles. The number of esters is 1. The molecule has 6 nitrogen and oxygen atoms in total. The predicted octanol–water partition coefficient (Wildman–Crippen LogP) is 4.80. The van der Waals surface area contributed by atoms with E-state index in [2.05, 4.69) is 18.0 Å². The van der Waals surface area contributed by atoms with Crippen molar-refractivity contribution in [2.24, 2.45) is 4.99 Å². The van der Waals surface area contributed by atoms with Crippen LogP contribution < -0.4 is 9.54 Å². The lowest BCUT2D eigenvalue weighted by Crippen LogP contribution is -2.23. The number of hydrogen-bond donors (Lipinski definition) is 0. The molecule has 1 aromatic heterocycles. The molecule has 0 unspecified atom stereocenters. The van der Waals surface area contributed by atoms with Crippen LogP contribution in [-0.2, 0) is 16.1 Å². The summed E-state index contributed by atoms with van der Waals surface area (Å²) in [5, 5.41) is 0. The van der Waals surface area contributed by atoms with Gasteiger partial charge in [-0.05, 0) is 62.6 Å². The van der Waals surface area contributed by atoms with E-state index in [0.29, 0.717) is 29.3 Å². The SMILES string of the molecule is CCCCOc1cccc(C(=O)N=c2sc3cc(C)cc(C)c3n2CC(=O)OCC)c1. The van der Waals surface area contributed by atoms with Crippen LogP contribution in [0.2, 0.25) is 0 Å². The van der Waals surface area contributed by atoms with Crippen LogP contribution >= 0.6 is 11.3 Å². The Balaban J connectivity index is 2.02. The number of rotatable bonds is 8. The summed E-state index contributed by atoms with van der Waals surface area (Å²) in [6.45, 7) is 8.80. The van der Waals surface area contributed by atoms with Crippen LogP contribution in [0.1, 0.15) is 48.2 Å². The van der Waals surface area contributed by atoms with Gasteiger partial charge in [0.05, 0.1) is 23.4 Å². The first-order valence-corrected chi connectivity index (χ1v) is 11.3. The second-order valence-corrected chi connectivity index (χ2v) is 8.36. The fraction of sp³-hybridized carbons (Fsp3) is 0.375. The number of thiazole rings is 1. The highest BCUT2D eigenvalue weighted by atomic mass is 32.1. The van der Waals surface area contributed by atoms with Crippen molar-refractivity contribution in [3.8, 4) is 5.75 Å². The number of carbonyl (C=O) groups excluding carboxylic acids is 2. The molecule has 0 spiro atoms. The molecular formula is C24H28N2O4S. The quantitative estimate of drug-likeness (QED) is 0.373. The summed E-state index contributed by atoms with van der Waals surface area (Å²) in [5.74, 6) is -0.0846. The number of fused-ring (bicyclic) bond motifs is 1. The Morgan fingerprint density at radius 1 is 1.13 bits per heavy atom. The minimum Gasteiger partial charge on any atom is -0.494 e. The van der Waals surface area contributed by atoms with Crippen LogP contribution in [0.25, 0.3) is 10.2 Å². The fourth-order valence-corrected chi connectivity index (χ4v) is 4.57. The van der Waals surface area contributed by atoms with Crippen molar-refractivity contribution >= 4 is 33.4 Å². The van der Waals surface area contributed by atoms with Crippen LogP contribution in [0.3, 0.4) is 0 Å². The molecule has 0 saturated heterocycles. The van der Waals surface area contributed by atoms with Crippen molar-refractivity contribution < 1.29 is 19.1 Å². The maximum absolute atomic E-state index is 12.9. The average molecular weight is 441 g/mol. The molecule has 3 aromatic rings. The van der Waals surface area contributed by atoms with E-state index >= 15 is 0 Å². The monoisotopic (exact) mass is 440 g/mol. The van der Waals surface area contributed by atoms with Crippen molar-refractivity contribution in [1.82, 2.24) is 4.57 Å². The Bertz CT molecular complexity index is 1160. The molecule has 0 fully saturated rings. The molecular weight excluding hydrogens is 412 g/mol. The molecule has 7 heteroatoms. The molecule has 0 atom stereocenters. The first-order valence-electron chi connectivity index (χ1n) is 10.5. The van der Waals surface area contributed by atoms with Gasteiger partial charge >= 0.3 is 5.97 Å². The normalized spacial score (nSPS) is 11.7. The summed E-state index contributed by atoms with van der Waals surface area (Å²) >= 11 is 1.39. The smallest absolute Gasteiger partial charge is 0.326 e. The van der Waals surface area contributed by atoms with Crippen LogP contribution in [-0.4, -0.2) is 29.7 Å². The van der Waals surface area contributed by atoms with Crippen molar-refractivity contribution in [1.29, 1.82) is 0 Å². The second kappa shape index (κ2) is 10.4. The Kier molecular flexibility index (Phi) is 7.63. The maximum atomic E-state index is 12.9. The molecule has 1 amide bonds. The van der Waals surface area contributed by atoms with Crippen LogP contribution in [0.15, 0.2) is 41.4 Å². The van der Waals surface area contributed by atoms with E-state index in [9.17, 15) is 9.59 Å². The van der Waals surface area contributed by atoms with Gasteiger partial charge in [-0.2, -0.15) is 4.99 Å². The second-order valence-electron chi connectivity index (χ2n) is 7.35. The topological polar surface area (TPSA) is 69.9 Å². The maximum Gasteiger partial charge on any atom is 0.326 e. The number of hydrogen-bond acceptors (Lipinski definition) is 5. The highest BCUT2D eigenvalue weighted by molar-refractivity contribution is 7.16. The Morgan fingerprint density at radius 2 is 1.94 bits per heavy atom. The third kappa shape index (κ3) is 5.61. The highest BCUT2D eigenvalue weighted by Crippen LogP contribution is 2.23. The van der Waals surface area contributed by atoms with Gasteiger partial charge in [-0.1, -0.05) is 36.8 Å². The minimum absolute atomic E-state index is 0.00399. The summed E-state index contributed by atoms with van der Waals surface area (Å²) in [4.78, 5) is 30.0. The van der Waals surface area contributed by atoms with Gasteiger partial charge in [0, 0.05) is 5.56 Å². The zero-order chi connectivity index (χ0) is 22.4. The van der Waals surface area contributed by atoms with Crippen molar-refractivity contribution in [2.75, 3.05) is 13.2 Å². The summed E-state index contributed by atoms with van der Waals surface area (Å²) in [7, 11) is 0. The van der Waals surface area contributed by atoms with Crippen LogP contribution in [0.4, 0.5) is 0 Å². The first kappa shape index (κ1) is 22.7. The summed E-state index contributed by atoms with van der Waals surface area (Å²) in [6.07, 6.45) is 2.00. The number of aryl methyl sites for hydroxylation is 2. The zero-order valence-corrected chi connectivity index (χ0v) is 19.3. The Morgan fingerprint density at radius 3 is 2.68 bits per heavy atom. The third-order valence-electron chi connectivity index (χ3n) is 4.75. The predicted molar refractivity (Wildman–Crippen MR) is 123 cm³/mol. The van der Waals surface area contributed by atoms with Gasteiger partial charge in [0.15, 0.2) is 4.80 Å². The molecule has 0 radical (unpaired) electrons. The molecule has 0 aliphatic rings. The van der Waals surface area contributed by atoms with E-state index < -0.39 is 0 Å². The van der Waals surface area contributed by atoms with E-state index in [1.165, 1.54) is 11.3 Å². The highest BCUT2D eigenvalue weighted by Gasteiger charge is 2.15. The Labute approximate surface area is 186 Å². The lowest BCUT2D eigenvalue weighted by Gasteiger charge is -2.08. The standard InChI is InChI=1S/C24H28N2O4S/c1-5-7-11-30-19-10-8-9-18(14-19)23(28)25-24-26(15-21(27)29-6-2)22-17(4)12-16(3)13-20(22)31-24/h8-10,12-14H,5-7,11,15H2,1-4H3. The van der Waals surface area contributed by atoms with Crippen LogP contribution in [0.5, 0.6) is 5.75 Å². The number of unbranched alkanes of at least 4 members (excludes halogenated alkanes) is 1. The Hall–Kier alpha value is -2.93. The van der Waals surface area contributed by atoms with Gasteiger partial charge in [-0.3, -0.25) is 9.59 Å². The largest absolute Gasteiger partial charge is 0.494 e. The molecule has 0 N–H and O–H groups in total. The summed E-state index contributed by atoms with van der Waals surface area (Å²) in [6, 6.07) is 11.1. The lowest BCUT2D eigenvalue weighted by molar-refractivity contribution is -0.143. The van der Waals surface area contributed by atoms with Gasteiger partial charge in [0.1, 0.15) is 12.3 Å². The molecule has 164 valence electrons. The number of aromatic nitrogens is 1. The van der Waals surface area contributed by atoms with Crippen molar-refractivity contribution in [2.45, 2.75) is 47.1 Å². The molecule has 0 bridgehead atoms. The molecule has 0 saturated carbocycles. The summed E-state index contributed by atoms with van der Waals surface area (Å²) < 4.78 is 13.6. The van der Waals surface area contributed by atoms with E-state index in [-0.39, 0.29) is 18.4 Å². The third-order valence-corrected chi connectivity index (χ3v) is 5.77. The number of benzene rings is 2. The van der Waals surface area contributed by atoms with E-state index in [1.807, 2.05) is 26.0 Å². The number of carbonyl (C=O) groups is 2. The van der Waals surface area contributed by atoms with E-state index in [4.69, 9.17) is 9.47 Å². The van der Waals surface area contributed by atoms with Gasteiger partial charge in [0.2, 0.25) is 0 Å². The molecule has 3 rings (SSSR count). The van der Waals surface area contributed by atoms with Crippen molar-refractivity contribution in [3.63, 3.8) is 0 Å². The number of amides is 1. The van der Waals surface area contributed by atoms with Crippen LogP contribution in [0, 0.1) is 13.8 Å². The number of nitrogens with zero attached hydrogens (tertiary/aromatic N) is 2. The molecule has 0 aliphatic heterocycles. The van der Waals surface area contributed by atoms with E-state index in [1.54, 1.807) is 29.7 Å². The van der Waals surface area contributed by atoms with E-state index in [0.717, 1.165) is 34.2 Å². The number of ether oxygens (including phenoxy) is 2. The minimum atomic E-state index is -0.375. The van der Waals surface area contributed by atoms with Gasteiger partial charge in [-0.25, -0.2) is 0 Å². The van der Waals surface area contributed by atoms with Gasteiger partial charge in [0.25, 0.3) is 5.91 Å². The molecule has 31 heavy (non-hydrogen) atoms.